The van der Waals surface area contributed by atoms with Crippen molar-refractivity contribution < 1.29 is 32.2 Å². The molecule has 184 valence electrons. The van der Waals surface area contributed by atoms with Crippen LogP contribution in [0.25, 0.3) is 0 Å². The van der Waals surface area contributed by atoms with Gasteiger partial charge in [-0.2, -0.15) is 0 Å². The van der Waals surface area contributed by atoms with Crippen LogP contribution in [0.5, 0.6) is 11.5 Å². The lowest BCUT2D eigenvalue weighted by molar-refractivity contribution is -0.275. The van der Waals surface area contributed by atoms with Gasteiger partial charge in [-0.25, -0.2) is 0 Å². The number of halogens is 3. The Labute approximate surface area is 200 Å². The molecule has 3 rings (SSSR count). The fraction of sp³-hybridized carbons (Fsp3) is 0.200. The Morgan fingerprint density at radius 3 is 2.11 bits per heavy atom. The van der Waals surface area contributed by atoms with E-state index in [9.17, 15) is 22.8 Å². The molecular formula is C25H24F3N3O4. The predicted octanol–water partition coefficient (Wildman–Crippen LogP) is 4.92. The van der Waals surface area contributed by atoms with Gasteiger partial charge >= 0.3 is 6.36 Å². The summed E-state index contributed by atoms with van der Waals surface area (Å²) in [4.78, 5) is 26.4. The third-order valence-corrected chi connectivity index (χ3v) is 4.83. The maximum absolute atomic E-state index is 12.6. The Hall–Kier alpha value is -4.05. The number of hydrogen-bond donors (Lipinski definition) is 2. The van der Waals surface area contributed by atoms with Gasteiger partial charge in [-0.1, -0.05) is 18.2 Å². The molecule has 0 aliphatic carbocycles. The van der Waals surface area contributed by atoms with E-state index in [2.05, 4.69) is 15.4 Å². The first kappa shape index (κ1) is 25.6. The molecular weight excluding hydrogens is 463 g/mol. The number of nitrogens with one attached hydrogen (secondary N) is 2. The van der Waals surface area contributed by atoms with Crippen molar-refractivity contribution in [2.24, 2.45) is 0 Å². The van der Waals surface area contributed by atoms with Gasteiger partial charge in [-0.3, -0.25) is 14.5 Å². The molecule has 3 aromatic carbocycles. The van der Waals surface area contributed by atoms with Gasteiger partial charge in [0.15, 0.2) is 0 Å². The number of para-hydroxylation sites is 1. The van der Waals surface area contributed by atoms with Crippen molar-refractivity contribution in [1.82, 2.24) is 4.90 Å². The Bertz CT molecular complexity index is 1150. The summed E-state index contributed by atoms with van der Waals surface area (Å²) < 4.78 is 46.9. The number of nitrogens with zero attached hydrogens (tertiary/aromatic N) is 1. The average Bonchev–Trinajstić information content (AvgIpc) is 2.80. The third kappa shape index (κ3) is 8.04. The van der Waals surface area contributed by atoms with Crippen LogP contribution in [0.1, 0.15) is 15.9 Å². The highest BCUT2D eigenvalue weighted by atomic mass is 19.4. The maximum Gasteiger partial charge on any atom is 0.573 e. The van der Waals surface area contributed by atoms with Crippen LogP contribution < -0.4 is 20.1 Å². The standard InChI is InChI=1S/C25H24F3N3O4/c1-31(15-18-5-3-4-6-22(18)35-25(26,27)28)16-23(32)29-19-9-7-17(8-10-19)24(33)30-20-11-13-21(34-2)14-12-20/h3-14H,15-16H2,1-2H3,(H,29,32)(H,30,33). The minimum Gasteiger partial charge on any atom is -0.497 e. The predicted molar refractivity (Wildman–Crippen MR) is 125 cm³/mol. The molecule has 0 unspecified atom stereocenters. The molecule has 0 atom stereocenters. The monoisotopic (exact) mass is 487 g/mol. The lowest BCUT2D eigenvalue weighted by atomic mass is 10.2. The average molecular weight is 487 g/mol. The van der Waals surface area contributed by atoms with E-state index in [-0.39, 0.29) is 30.7 Å². The molecule has 0 fully saturated rings. The van der Waals surface area contributed by atoms with Crippen molar-refractivity contribution in [3.05, 3.63) is 83.9 Å². The summed E-state index contributed by atoms with van der Waals surface area (Å²) in [5, 5.41) is 5.47. The van der Waals surface area contributed by atoms with Gasteiger partial charge in [0.25, 0.3) is 5.91 Å². The SMILES string of the molecule is COc1ccc(NC(=O)c2ccc(NC(=O)CN(C)Cc3ccccc3OC(F)(F)F)cc2)cc1. The zero-order valence-electron chi connectivity index (χ0n) is 19.1. The molecule has 3 aromatic rings. The number of hydrogen-bond acceptors (Lipinski definition) is 5. The summed E-state index contributed by atoms with van der Waals surface area (Å²) in [7, 11) is 3.16. The van der Waals surface area contributed by atoms with Gasteiger partial charge in [-0.05, 0) is 61.6 Å². The van der Waals surface area contributed by atoms with E-state index in [1.165, 1.54) is 18.2 Å². The van der Waals surface area contributed by atoms with Crippen molar-refractivity contribution in [1.29, 1.82) is 0 Å². The maximum atomic E-state index is 12.6. The van der Waals surface area contributed by atoms with E-state index >= 15 is 0 Å². The molecule has 0 saturated heterocycles. The van der Waals surface area contributed by atoms with Crippen LogP contribution in [0, 0.1) is 0 Å². The van der Waals surface area contributed by atoms with Gasteiger partial charge in [0.2, 0.25) is 5.91 Å². The second-order valence-corrected chi connectivity index (χ2v) is 7.64. The number of methoxy groups -OCH3 is 1. The molecule has 0 aliphatic heterocycles. The number of ether oxygens (including phenoxy) is 2. The van der Waals surface area contributed by atoms with Crippen molar-refractivity contribution in [3.8, 4) is 11.5 Å². The van der Waals surface area contributed by atoms with Gasteiger partial charge in [-0.15, -0.1) is 13.2 Å². The Morgan fingerprint density at radius 1 is 0.886 bits per heavy atom. The lowest BCUT2D eigenvalue weighted by Crippen LogP contribution is -2.30. The number of anilines is 2. The molecule has 0 heterocycles. The fourth-order valence-corrected chi connectivity index (χ4v) is 3.23. The summed E-state index contributed by atoms with van der Waals surface area (Å²) in [6, 6.07) is 19.0. The fourth-order valence-electron chi connectivity index (χ4n) is 3.23. The quantitative estimate of drug-likeness (QED) is 0.448. The molecule has 0 radical (unpaired) electrons. The Balaban J connectivity index is 1.52. The van der Waals surface area contributed by atoms with Crippen LogP contribution in [0.4, 0.5) is 24.5 Å². The highest BCUT2D eigenvalue weighted by molar-refractivity contribution is 6.04. The van der Waals surface area contributed by atoms with Gasteiger partial charge in [0.1, 0.15) is 11.5 Å². The van der Waals surface area contributed by atoms with E-state index in [0.29, 0.717) is 28.3 Å². The van der Waals surface area contributed by atoms with Crippen molar-refractivity contribution >= 4 is 23.2 Å². The van der Waals surface area contributed by atoms with E-state index in [4.69, 9.17) is 4.74 Å². The van der Waals surface area contributed by atoms with Crippen molar-refractivity contribution in [3.63, 3.8) is 0 Å². The minimum atomic E-state index is -4.80. The van der Waals surface area contributed by atoms with E-state index in [0.717, 1.165) is 0 Å². The van der Waals surface area contributed by atoms with E-state index < -0.39 is 6.36 Å². The summed E-state index contributed by atoms with van der Waals surface area (Å²) in [5.41, 5.74) is 1.79. The normalized spacial score (nSPS) is 11.1. The first-order valence-electron chi connectivity index (χ1n) is 10.5. The molecule has 0 aliphatic rings. The Kier molecular flexibility index (Phi) is 8.32. The topological polar surface area (TPSA) is 79.9 Å². The van der Waals surface area contributed by atoms with Crippen molar-refractivity contribution in [2.75, 3.05) is 31.3 Å². The van der Waals surface area contributed by atoms with Crippen LogP contribution in [0.15, 0.2) is 72.8 Å². The molecule has 0 spiro atoms. The van der Waals surface area contributed by atoms with E-state index in [1.54, 1.807) is 73.7 Å². The van der Waals surface area contributed by atoms with Crippen molar-refractivity contribution in [2.45, 2.75) is 12.9 Å². The number of benzene rings is 3. The summed E-state index contributed by atoms with van der Waals surface area (Å²) >= 11 is 0. The summed E-state index contributed by atoms with van der Waals surface area (Å²) in [6.07, 6.45) is -4.80. The number of rotatable bonds is 9. The van der Waals surface area contributed by atoms with Crippen LogP contribution in [0.2, 0.25) is 0 Å². The minimum absolute atomic E-state index is 0.0694. The largest absolute Gasteiger partial charge is 0.573 e. The summed E-state index contributed by atoms with van der Waals surface area (Å²) in [6.45, 7) is 0.00417. The lowest BCUT2D eigenvalue weighted by Gasteiger charge is -2.19. The zero-order chi connectivity index (χ0) is 25.4. The third-order valence-electron chi connectivity index (χ3n) is 4.83. The van der Waals surface area contributed by atoms with Crippen LogP contribution in [-0.2, 0) is 11.3 Å². The summed E-state index contributed by atoms with van der Waals surface area (Å²) in [5.74, 6) is -0.312. The molecule has 0 bridgehead atoms. The highest BCUT2D eigenvalue weighted by Crippen LogP contribution is 2.27. The van der Waals surface area contributed by atoms with Gasteiger partial charge in [0.05, 0.1) is 13.7 Å². The second kappa shape index (κ2) is 11.4. The smallest absolute Gasteiger partial charge is 0.497 e. The highest BCUT2D eigenvalue weighted by Gasteiger charge is 2.32. The molecule has 7 nitrogen and oxygen atoms in total. The number of alkyl halides is 3. The number of amides is 2. The number of carbonyl (C=O) groups excluding carboxylic acids is 2. The molecule has 35 heavy (non-hydrogen) atoms. The van der Waals surface area contributed by atoms with Gasteiger partial charge in [0, 0.05) is 29.0 Å². The molecule has 10 heteroatoms. The number of carbonyl (C=O) groups is 2. The zero-order valence-corrected chi connectivity index (χ0v) is 19.1. The first-order chi connectivity index (χ1) is 16.6. The Morgan fingerprint density at radius 2 is 1.49 bits per heavy atom. The van der Waals surface area contributed by atoms with Crippen LogP contribution in [0.3, 0.4) is 0 Å². The number of likely N-dealkylation sites (N-methyl/N-ethyl adjacent to an activating group) is 1. The second-order valence-electron chi connectivity index (χ2n) is 7.64. The first-order valence-corrected chi connectivity index (χ1v) is 10.5. The van der Waals surface area contributed by atoms with Crippen LogP contribution >= 0.6 is 0 Å². The van der Waals surface area contributed by atoms with Gasteiger partial charge < -0.3 is 20.1 Å². The van der Waals surface area contributed by atoms with Crippen LogP contribution in [-0.4, -0.2) is 43.8 Å². The molecule has 2 N–H and O–H groups in total. The van der Waals surface area contributed by atoms with E-state index in [1.807, 2.05) is 0 Å². The molecule has 0 aromatic heterocycles. The molecule has 2 amide bonds. The molecule has 0 saturated carbocycles.